The van der Waals surface area contributed by atoms with Gasteiger partial charge in [-0.05, 0) is 59.3 Å². The first-order valence-corrected chi connectivity index (χ1v) is 7.75. The SMILES string of the molecule is CC.CC.CC(C)N1CCC(N2CCC2)CC1. The average Bonchev–Trinajstić information content (AvgIpc) is 2.33. The molecular formula is C15H34N2. The fraction of sp³-hybridized carbons (Fsp3) is 1.00. The van der Waals surface area contributed by atoms with Gasteiger partial charge in [0.15, 0.2) is 0 Å². The summed E-state index contributed by atoms with van der Waals surface area (Å²) in [4.78, 5) is 5.27. The molecule has 0 unspecified atom stereocenters. The molecule has 104 valence electrons. The van der Waals surface area contributed by atoms with Crippen molar-refractivity contribution in [3.63, 3.8) is 0 Å². The minimum Gasteiger partial charge on any atom is -0.301 e. The molecule has 2 fully saturated rings. The summed E-state index contributed by atoms with van der Waals surface area (Å²) in [6.45, 7) is 18.0. The van der Waals surface area contributed by atoms with E-state index in [4.69, 9.17) is 0 Å². The summed E-state index contributed by atoms with van der Waals surface area (Å²) in [5.74, 6) is 0. The Balaban J connectivity index is 0.000000581. The minimum absolute atomic E-state index is 0.748. The highest BCUT2D eigenvalue weighted by Gasteiger charge is 2.28. The first kappa shape index (κ1) is 16.9. The highest BCUT2D eigenvalue weighted by Crippen LogP contribution is 2.22. The Morgan fingerprint density at radius 2 is 1.29 bits per heavy atom. The van der Waals surface area contributed by atoms with Gasteiger partial charge in [-0.1, -0.05) is 27.7 Å². The van der Waals surface area contributed by atoms with Gasteiger partial charge in [-0.15, -0.1) is 0 Å². The molecule has 0 spiro atoms. The third-order valence-electron chi connectivity index (χ3n) is 3.64. The lowest BCUT2D eigenvalue weighted by Crippen LogP contribution is -2.51. The van der Waals surface area contributed by atoms with Gasteiger partial charge in [-0.2, -0.15) is 0 Å². The van der Waals surface area contributed by atoms with Crippen LogP contribution in [0.3, 0.4) is 0 Å². The molecular weight excluding hydrogens is 208 g/mol. The number of piperidine rings is 1. The van der Waals surface area contributed by atoms with Crippen molar-refractivity contribution >= 4 is 0 Å². The summed E-state index contributed by atoms with van der Waals surface area (Å²) in [6.07, 6.45) is 4.24. The van der Waals surface area contributed by atoms with E-state index >= 15 is 0 Å². The Morgan fingerprint density at radius 3 is 1.59 bits per heavy atom. The first-order valence-electron chi connectivity index (χ1n) is 7.75. The molecule has 0 atom stereocenters. The van der Waals surface area contributed by atoms with Crippen molar-refractivity contribution in [3.8, 4) is 0 Å². The van der Waals surface area contributed by atoms with Crippen LogP contribution in [0.4, 0.5) is 0 Å². The molecule has 2 heteroatoms. The predicted octanol–water partition coefficient (Wildman–Crippen LogP) is 3.62. The topological polar surface area (TPSA) is 6.48 Å². The van der Waals surface area contributed by atoms with Gasteiger partial charge >= 0.3 is 0 Å². The van der Waals surface area contributed by atoms with Gasteiger partial charge in [-0.3, -0.25) is 0 Å². The van der Waals surface area contributed by atoms with Crippen LogP contribution in [0.25, 0.3) is 0 Å². The van der Waals surface area contributed by atoms with E-state index in [0.29, 0.717) is 0 Å². The van der Waals surface area contributed by atoms with Gasteiger partial charge in [0.2, 0.25) is 0 Å². The average molecular weight is 242 g/mol. The van der Waals surface area contributed by atoms with Crippen LogP contribution in [-0.2, 0) is 0 Å². The van der Waals surface area contributed by atoms with Crippen molar-refractivity contribution in [2.45, 2.75) is 72.9 Å². The van der Waals surface area contributed by atoms with Crippen molar-refractivity contribution in [1.29, 1.82) is 0 Å². The maximum atomic E-state index is 2.66. The van der Waals surface area contributed by atoms with Gasteiger partial charge in [0.05, 0.1) is 0 Å². The van der Waals surface area contributed by atoms with Crippen LogP contribution in [0.15, 0.2) is 0 Å². The van der Waals surface area contributed by atoms with Crippen molar-refractivity contribution in [2.75, 3.05) is 26.2 Å². The van der Waals surface area contributed by atoms with E-state index in [9.17, 15) is 0 Å². The van der Waals surface area contributed by atoms with Gasteiger partial charge < -0.3 is 9.80 Å². The van der Waals surface area contributed by atoms with Crippen LogP contribution in [0.5, 0.6) is 0 Å². The summed E-state index contributed by atoms with van der Waals surface area (Å²) >= 11 is 0. The third-order valence-corrected chi connectivity index (χ3v) is 3.64. The fourth-order valence-corrected chi connectivity index (χ4v) is 2.47. The van der Waals surface area contributed by atoms with Crippen LogP contribution in [-0.4, -0.2) is 48.1 Å². The largest absolute Gasteiger partial charge is 0.301 e. The lowest BCUT2D eigenvalue weighted by molar-refractivity contribution is 0.0541. The van der Waals surface area contributed by atoms with Crippen LogP contribution < -0.4 is 0 Å². The van der Waals surface area contributed by atoms with Gasteiger partial charge in [0, 0.05) is 12.1 Å². The van der Waals surface area contributed by atoms with Crippen LogP contribution in [0.2, 0.25) is 0 Å². The molecule has 0 amide bonds. The fourth-order valence-electron chi connectivity index (χ4n) is 2.47. The van der Waals surface area contributed by atoms with Gasteiger partial charge in [0.1, 0.15) is 0 Å². The van der Waals surface area contributed by atoms with E-state index in [0.717, 1.165) is 12.1 Å². The lowest BCUT2D eigenvalue weighted by atomic mass is 9.99. The summed E-state index contributed by atoms with van der Waals surface area (Å²) < 4.78 is 0. The smallest absolute Gasteiger partial charge is 0.0120 e. The van der Waals surface area contributed by atoms with Crippen LogP contribution >= 0.6 is 0 Å². The molecule has 0 aromatic rings. The molecule has 0 aliphatic carbocycles. The highest BCUT2D eigenvalue weighted by atomic mass is 15.2. The molecule has 2 aliphatic rings. The van der Waals surface area contributed by atoms with Crippen LogP contribution in [0, 0.1) is 0 Å². The summed E-state index contributed by atoms with van der Waals surface area (Å²) in [6, 6.07) is 1.67. The van der Waals surface area contributed by atoms with Gasteiger partial charge in [0.25, 0.3) is 0 Å². The van der Waals surface area contributed by atoms with E-state index in [1.165, 1.54) is 45.4 Å². The maximum Gasteiger partial charge on any atom is 0.0120 e. The molecule has 2 aliphatic heterocycles. The molecule has 0 N–H and O–H groups in total. The molecule has 0 aromatic heterocycles. The van der Waals surface area contributed by atoms with Crippen molar-refractivity contribution in [3.05, 3.63) is 0 Å². The normalized spacial score (nSPS) is 22.1. The maximum absolute atomic E-state index is 2.66. The zero-order chi connectivity index (χ0) is 13.3. The Morgan fingerprint density at radius 1 is 0.824 bits per heavy atom. The third kappa shape index (κ3) is 5.39. The van der Waals surface area contributed by atoms with Crippen molar-refractivity contribution in [2.24, 2.45) is 0 Å². The second kappa shape index (κ2) is 9.90. The minimum atomic E-state index is 0.748. The van der Waals surface area contributed by atoms with Crippen molar-refractivity contribution in [1.82, 2.24) is 9.80 Å². The Bertz CT molecular complexity index is 156. The molecule has 0 aromatic carbocycles. The lowest BCUT2D eigenvalue weighted by Gasteiger charge is -2.43. The second-order valence-electron chi connectivity index (χ2n) is 4.75. The first-order chi connectivity index (χ1) is 8.27. The molecule has 0 bridgehead atoms. The predicted molar refractivity (Wildman–Crippen MR) is 78.6 cm³/mol. The molecule has 0 saturated carbocycles. The second-order valence-corrected chi connectivity index (χ2v) is 4.75. The number of rotatable bonds is 2. The molecule has 2 heterocycles. The number of likely N-dealkylation sites (tertiary alicyclic amines) is 2. The molecule has 0 radical (unpaired) electrons. The van der Waals surface area contributed by atoms with E-state index < -0.39 is 0 Å². The zero-order valence-electron chi connectivity index (χ0n) is 13.0. The Labute approximate surface area is 109 Å². The quantitative estimate of drug-likeness (QED) is 0.730. The highest BCUT2D eigenvalue weighted by molar-refractivity contribution is 4.84. The molecule has 2 rings (SSSR count). The van der Waals surface area contributed by atoms with Crippen molar-refractivity contribution < 1.29 is 0 Å². The monoisotopic (exact) mass is 242 g/mol. The summed E-state index contributed by atoms with van der Waals surface area (Å²) in [7, 11) is 0. The van der Waals surface area contributed by atoms with E-state index in [1.54, 1.807) is 0 Å². The van der Waals surface area contributed by atoms with E-state index in [1.807, 2.05) is 27.7 Å². The summed E-state index contributed by atoms with van der Waals surface area (Å²) in [5, 5.41) is 0. The van der Waals surface area contributed by atoms with Crippen LogP contribution in [0.1, 0.15) is 60.8 Å². The number of hydrogen-bond donors (Lipinski definition) is 0. The van der Waals surface area contributed by atoms with E-state index in [-0.39, 0.29) is 0 Å². The summed E-state index contributed by atoms with van der Waals surface area (Å²) in [5.41, 5.74) is 0. The number of nitrogens with zero attached hydrogens (tertiary/aromatic N) is 2. The number of hydrogen-bond acceptors (Lipinski definition) is 2. The molecule has 2 nitrogen and oxygen atoms in total. The molecule has 17 heavy (non-hydrogen) atoms. The van der Waals surface area contributed by atoms with E-state index in [2.05, 4.69) is 23.6 Å². The Hall–Kier alpha value is -0.0800. The van der Waals surface area contributed by atoms with Gasteiger partial charge in [-0.25, -0.2) is 0 Å². The standard InChI is InChI=1S/C11H22N2.2C2H6/c1-10(2)12-8-4-11(5-9-12)13-6-3-7-13;2*1-2/h10-11H,3-9H2,1-2H3;2*1-2H3. The molecule has 2 saturated heterocycles. The Kier molecular flexibility index (Phi) is 9.85. The zero-order valence-corrected chi connectivity index (χ0v) is 13.0.